The highest BCUT2D eigenvalue weighted by Crippen LogP contribution is 2.44. The number of anilines is 2. The molecule has 132 valence electrons. The predicted molar refractivity (Wildman–Crippen MR) is 99.1 cm³/mol. The van der Waals surface area contributed by atoms with Crippen molar-refractivity contribution in [2.75, 3.05) is 24.4 Å². The van der Waals surface area contributed by atoms with Crippen molar-refractivity contribution in [2.24, 2.45) is 0 Å². The number of carbonyl (C=O) groups excluding carboxylic acids is 1. The number of likely N-dealkylation sites (N-methyl/N-ethyl adjacent to an activating group) is 1. The molecular weight excluding hydrogens is 343 g/mol. The van der Waals surface area contributed by atoms with Gasteiger partial charge >= 0.3 is 0 Å². The molecular formula is C19H20ClFN2O2. The predicted octanol–water partition coefficient (Wildman–Crippen LogP) is 4.41. The number of amides is 1. The summed E-state index contributed by atoms with van der Waals surface area (Å²) >= 11 is 6.25. The SMILES string of the molecule is COc1cc(F)ccc1-c1ccc2c(c1CCl)N(C)C(=O)C(C)(C)N2. The maximum absolute atomic E-state index is 13.5. The van der Waals surface area contributed by atoms with Crippen LogP contribution in [-0.4, -0.2) is 25.6 Å². The average molecular weight is 363 g/mol. The number of nitrogens with one attached hydrogen (secondary N) is 1. The highest BCUT2D eigenvalue weighted by molar-refractivity contribution is 6.19. The van der Waals surface area contributed by atoms with E-state index in [-0.39, 0.29) is 17.6 Å². The molecule has 2 aromatic rings. The first-order valence-electron chi connectivity index (χ1n) is 7.92. The number of halogens is 2. The van der Waals surface area contributed by atoms with Gasteiger partial charge < -0.3 is 15.0 Å². The summed E-state index contributed by atoms with van der Waals surface area (Å²) in [6.07, 6.45) is 0. The van der Waals surface area contributed by atoms with E-state index >= 15 is 0 Å². The number of carbonyl (C=O) groups is 1. The van der Waals surface area contributed by atoms with Gasteiger partial charge in [-0.25, -0.2) is 4.39 Å². The zero-order valence-electron chi connectivity index (χ0n) is 14.6. The van der Waals surface area contributed by atoms with E-state index in [1.54, 1.807) is 18.0 Å². The summed E-state index contributed by atoms with van der Waals surface area (Å²) in [5, 5.41) is 3.27. The Hall–Kier alpha value is -2.27. The smallest absolute Gasteiger partial charge is 0.251 e. The van der Waals surface area contributed by atoms with Gasteiger partial charge in [-0.05, 0) is 37.6 Å². The van der Waals surface area contributed by atoms with Crippen LogP contribution in [0.25, 0.3) is 11.1 Å². The Morgan fingerprint density at radius 3 is 2.56 bits per heavy atom. The molecule has 0 fully saturated rings. The lowest BCUT2D eigenvalue weighted by Crippen LogP contribution is -2.52. The van der Waals surface area contributed by atoms with Crippen molar-refractivity contribution in [3.05, 3.63) is 41.7 Å². The van der Waals surface area contributed by atoms with E-state index in [0.29, 0.717) is 5.75 Å². The van der Waals surface area contributed by atoms with E-state index in [9.17, 15) is 9.18 Å². The largest absolute Gasteiger partial charge is 0.496 e. The first-order chi connectivity index (χ1) is 11.8. The number of rotatable bonds is 3. The minimum absolute atomic E-state index is 0.0467. The molecule has 25 heavy (non-hydrogen) atoms. The lowest BCUT2D eigenvalue weighted by Gasteiger charge is -2.39. The summed E-state index contributed by atoms with van der Waals surface area (Å²) < 4.78 is 18.9. The molecule has 1 N–H and O–H groups in total. The normalized spacial score (nSPS) is 15.6. The molecule has 0 radical (unpaired) electrons. The van der Waals surface area contributed by atoms with Crippen LogP contribution in [0.15, 0.2) is 30.3 Å². The Balaban J connectivity index is 2.25. The van der Waals surface area contributed by atoms with E-state index in [0.717, 1.165) is 28.1 Å². The standard InChI is InChI=1S/C19H20ClFN2O2/c1-19(2)18(24)23(3)17-14(10-20)12(7-8-15(17)22-19)13-6-5-11(21)9-16(13)25-4/h5-9,22H,10H2,1-4H3. The summed E-state index contributed by atoms with van der Waals surface area (Å²) in [5.74, 6) is 0.208. The van der Waals surface area contributed by atoms with Crippen LogP contribution in [-0.2, 0) is 10.7 Å². The van der Waals surface area contributed by atoms with Gasteiger partial charge in [-0.15, -0.1) is 11.6 Å². The number of hydrogen-bond acceptors (Lipinski definition) is 3. The maximum atomic E-state index is 13.5. The second kappa shape index (κ2) is 6.23. The van der Waals surface area contributed by atoms with Crippen LogP contribution in [0.2, 0.25) is 0 Å². The molecule has 1 heterocycles. The van der Waals surface area contributed by atoms with Gasteiger partial charge in [-0.2, -0.15) is 0 Å². The Kier molecular flexibility index (Phi) is 4.37. The van der Waals surface area contributed by atoms with Crippen LogP contribution in [0, 0.1) is 5.82 Å². The number of methoxy groups -OCH3 is 1. The second-order valence-electron chi connectivity index (χ2n) is 6.58. The Morgan fingerprint density at radius 1 is 1.24 bits per heavy atom. The van der Waals surface area contributed by atoms with E-state index in [1.807, 2.05) is 26.0 Å². The summed E-state index contributed by atoms with van der Waals surface area (Å²) in [5.41, 5.74) is 3.22. The Labute approximate surface area is 151 Å². The molecule has 0 aliphatic carbocycles. The fraction of sp³-hybridized carbons (Fsp3) is 0.316. The lowest BCUT2D eigenvalue weighted by molar-refractivity contribution is -0.121. The zero-order valence-corrected chi connectivity index (χ0v) is 15.4. The molecule has 0 atom stereocenters. The maximum Gasteiger partial charge on any atom is 0.251 e. The minimum Gasteiger partial charge on any atom is -0.496 e. The van der Waals surface area contributed by atoms with Gasteiger partial charge in [0.1, 0.15) is 17.1 Å². The van der Waals surface area contributed by atoms with Gasteiger partial charge in [0.25, 0.3) is 5.91 Å². The van der Waals surface area contributed by atoms with Gasteiger partial charge in [0, 0.05) is 24.2 Å². The highest BCUT2D eigenvalue weighted by atomic mass is 35.5. The Morgan fingerprint density at radius 2 is 1.92 bits per heavy atom. The monoisotopic (exact) mass is 362 g/mol. The molecule has 4 nitrogen and oxygen atoms in total. The third-order valence-corrected chi connectivity index (χ3v) is 4.76. The number of alkyl halides is 1. The van der Waals surface area contributed by atoms with Gasteiger partial charge in [-0.3, -0.25) is 4.79 Å². The van der Waals surface area contributed by atoms with Crippen molar-refractivity contribution >= 4 is 28.9 Å². The first kappa shape index (κ1) is 17.5. The van der Waals surface area contributed by atoms with Gasteiger partial charge in [0.2, 0.25) is 0 Å². The van der Waals surface area contributed by atoms with Crippen LogP contribution in [0.4, 0.5) is 15.8 Å². The third kappa shape index (κ3) is 2.82. The molecule has 2 aromatic carbocycles. The van der Waals surface area contributed by atoms with Crippen molar-refractivity contribution in [1.82, 2.24) is 0 Å². The van der Waals surface area contributed by atoms with Crippen LogP contribution in [0.3, 0.4) is 0 Å². The van der Waals surface area contributed by atoms with Crippen LogP contribution >= 0.6 is 11.6 Å². The van der Waals surface area contributed by atoms with Crippen LogP contribution in [0.5, 0.6) is 5.75 Å². The number of hydrogen-bond donors (Lipinski definition) is 1. The summed E-state index contributed by atoms with van der Waals surface area (Å²) in [4.78, 5) is 14.3. The minimum atomic E-state index is -0.694. The molecule has 1 aliphatic heterocycles. The molecule has 1 amide bonds. The van der Waals surface area contributed by atoms with E-state index in [1.165, 1.54) is 19.2 Å². The molecule has 0 spiro atoms. The van der Waals surface area contributed by atoms with Gasteiger partial charge in [0.05, 0.1) is 24.4 Å². The van der Waals surface area contributed by atoms with Crippen molar-refractivity contribution in [1.29, 1.82) is 0 Å². The van der Waals surface area contributed by atoms with Gasteiger partial charge in [0.15, 0.2) is 0 Å². The van der Waals surface area contributed by atoms with Gasteiger partial charge in [-0.1, -0.05) is 6.07 Å². The first-order valence-corrected chi connectivity index (χ1v) is 8.45. The van der Waals surface area contributed by atoms with Crippen molar-refractivity contribution in [2.45, 2.75) is 25.3 Å². The summed E-state index contributed by atoms with van der Waals surface area (Å²) in [6, 6.07) is 8.20. The molecule has 0 bridgehead atoms. The van der Waals surface area contributed by atoms with Crippen molar-refractivity contribution in [3.8, 4) is 16.9 Å². The fourth-order valence-electron chi connectivity index (χ4n) is 3.31. The van der Waals surface area contributed by atoms with Crippen molar-refractivity contribution < 1.29 is 13.9 Å². The van der Waals surface area contributed by atoms with E-state index in [2.05, 4.69) is 5.32 Å². The van der Waals surface area contributed by atoms with E-state index < -0.39 is 5.54 Å². The number of fused-ring (bicyclic) bond motifs is 1. The number of benzene rings is 2. The third-order valence-electron chi connectivity index (χ3n) is 4.49. The molecule has 0 unspecified atom stereocenters. The number of ether oxygens (including phenoxy) is 1. The Bertz CT molecular complexity index is 852. The highest BCUT2D eigenvalue weighted by Gasteiger charge is 2.38. The van der Waals surface area contributed by atoms with Crippen LogP contribution in [0.1, 0.15) is 19.4 Å². The number of nitrogens with zero attached hydrogens (tertiary/aromatic N) is 1. The molecule has 0 saturated carbocycles. The quantitative estimate of drug-likeness (QED) is 0.822. The summed E-state index contributed by atoms with van der Waals surface area (Å²) in [7, 11) is 3.24. The second-order valence-corrected chi connectivity index (χ2v) is 6.85. The molecule has 1 aliphatic rings. The summed E-state index contributed by atoms with van der Waals surface area (Å²) in [6.45, 7) is 3.68. The molecule has 3 rings (SSSR count). The molecule has 6 heteroatoms. The van der Waals surface area contributed by atoms with Crippen molar-refractivity contribution in [3.63, 3.8) is 0 Å². The van der Waals surface area contributed by atoms with E-state index in [4.69, 9.17) is 16.3 Å². The lowest BCUT2D eigenvalue weighted by atomic mass is 9.92. The molecule has 0 saturated heterocycles. The topological polar surface area (TPSA) is 41.6 Å². The van der Waals surface area contributed by atoms with Crippen LogP contribution < -0.4 is 15.0 Å². The fourth-order valence-corrected chi connectivity index (χ4v) is 3.58. The average Bonchev–Trinajstić information content (AvgIpc) is 2.58. The zero-order chi connectivity index (χ0) is 18.4. The molecule has 0 aromatic heterocycles.